The Morgan fingerprint density at radius 3 is 2.73 bits per heavy atom. The zero-order valence-corrected chi connectivity index (χ0v) is 11.9. The van der Waals surface area contributed by atoms with Gasteiger partial charge in [-0.15, -0.1) is 0 Å². The summed E-state index contributed by atoms with van der Waals surface area (Å²) in [5, 5.41) is 9.46. The predicted molar refractivity (Wildman–Crippen MR) is 83.4 cm³/mol. The van der Waals surface area contributed by atoms with E-state index in [4.69, 9.17) is 5.73 Å². The molecule has 22 heavy (non-hydrogen) atoms. The Labute approximate surface area is 126 Å². The molecule has 0 aliphatic heterocycles. The molecule has 0 atom stereocenters. The van der Waals surface area contributed by atoms with E-state index >= 15 is 0 Å². The molecule has 0 amide bonds. The SMILES string of the molecule is Cc1ccccc1-c1[nH]c(-c2ccnc(N)n2)cc1C(=O)O. The molecular formula is C16H14N4O2. The van der Waals surface area contributed by atoms with Crippen molar-refractivity contribution in [2.24, 2.45) is 0 Å². The highest BCUT2D eigenvalue weighted by molar-refractivity contribution is 5.97. The second kappa shape index (κ2) is 5.33. The van der Waals surface area contributed by atoms with Gasteiger partial charge in [0.25, 0.3) is 0 Å². The zero-order chi connectivity index (χ0) is 15.7. The number of aromatic nitrogens is 3. The van der Waals surface area contributed by atoms with Crippen LogP contribution in [-0.2, 0) is 0 Å². The van der Waals surface area contributed by atoms with Crippen molar-refractivity contribution in [3.63, 3.8) is 0 Å². The van der Waals surface area contributed by atoms with Crippen LogP contribution in [0, 0.1) is 6.92 Å². The third-order valence-corrected chi connectivity index (χ3v) is 3.41. The first-order chi connectivity index (χ1) is 10.6. The summed E-state index contributed by atoms with van der Waals surface area (Å²) in [6.07, 6.45) is 1.53. The van der Waals surface area contributed by atoms with Crippen molar-refractivity contribution in [1.82, 2.24) is 15.0 Å². The largest absolute Gasteiger partial charge is 0.478 e. The highest BCUT2D eigenvalue weighted by Gasteiger charge is 2.18. The number of nitrogens with one attached hydrogen (secondary N) is 1. The van der Waals surface area contributed by atoms with Crippen molar-refractivity contribution in [3.8, 4) is 22.6 Å². The number of rotatable bonds is 3. The molecule has 2 heterocycles. The summed E-state index contributed by atoms with van der Waals surface area (Å²) < 4.78 is 0. The highest BCUT2D eigenvalue weighted by Crippen LogP contribution is 2.30. The summed E-state index contributed by atoms with van der Waals surface area (Å²) in [7, 11) is 0. The van der Waals surface area contributed by atoms with Gasteiger partial charge in [-0.3, -0.25) is 0 Å². The van der Waals surface area contributed by atoms with E-state index in [2.05, 4.69) is 15.0 Å². The van der Waals surface area contributed by atoms with E-state index in [0.717, 1.165) is 11.1 Å². The lowest BCUT2D eigenvalue weighted by Crippen LogP contribution is -1.97. The van der Waals surface area contributed by atoms with Gasteiger partial charge in [0.15, 0.2) is 0 Å². The quantitative estimate of drug-likeness (QED) is 0.689. The van der Waals surface area contributed by atoms with Crippen LogP contribution in [0.25, 0.3) is 22.6 Å². The van der Waals surface area contributed by atoms with Crippen LogP contribution in [0.3, 0.4) is 0 Å². The molecule has 0 aliphatic carbocycles. The van der Waals surface area contributed by atoms with Gasteiger partial charge in [0.2, 0.25) is 5.95 Å². The zero-order valence-electron chi connectivity index (χ0n) is 11.9. The lowest BCUT2D eigenvalue weighted by atomic mass is 10.0. The minimum Gasteiger partial charge on any atom is -0.478 e. The summed E-state index contributed by atoms with van der Waals surface area (Å²) >= 11 is 0. The van der Waals surface area contributed by atoms with E-state index < -0.39 is 5.97 Å². The Kier molecular flexibility index (Phi) is 3.34. The molecule has 0 bridgehead atoms. The maximum atomic E-state index is 11.5. The van der Waals surface area contributed by atoms with Crippen LogP contribution in [0.5, 0.6) is 0 Å². The number of carboxylic acid groups (broad SMARTS) is 1. The van der Waals surface area contributed by atoms with Crippen LogP contribution >= 0.6 is 0 Å². The van der Waals surface area contributed by atoms with Crippen LogP contribution in [0.1, 0.15) is 15.9 Å². The van der Waals surface area contributed by atoms with Crippen LogP contribution in [0.15, 0.2) is 42.6 Å². The van der Waals surface area contributed by atoms with Gasteiger partial charge < -0.3 is 15.8 Å². The molecule has 2 aromatic heterocycles. The van der Waals surface area contributed by atoms with Crippen LogP contribution in [0.2, 0.25) is 0 Å². The number of aromatic carboxylic acids is 1. The van der Waals surface area contributed by atoms with Gasteiger partial charge in [-0.05, 0) is 24.6 Å². The Morgan fingerprint density at radius 2 is 2.05 bits per heavy atom. The van der Waals surface area contributed by atoms with E-state index in [1.807, 2.05) is 31.2 Å². The fourth-order valence-corrected chi connectivity index (χ4v) is 2.35. The molecule has 0 fully saturated rings. The Morgan fingerprint density at radius 1 is 1.27 bits per heavy atom. The molecule has 0 saturated carbocycles. The number of nitrogens with zero attached hydrogens (tertiary/aromatic N) is 2. The second-order valence-electron chi connectivity index (χ2n) is 4.89. The van der Waals surface area contributed by atoms with E-state index in [1.165, 1.54) is 6.20 Å². The summed E-state index contributed by atoms with van der Waals surface area (Å²) in [5.74, 6) is -0.857. The first-order valence-corrected chi connectivity index (χ1v) is 6.67. The minimum absolute atomic E-state index is 0.140. The number of hydrogen-bond acceptors (Lipinski definition) is 4. The molecule has 0 spiro atoms. The number of hydrogen-bond donors (Lipinski definition) is 3. The molecule has 6 nitrogen and oxygen atoms in total. The number of nitrogens with two attached hydrogens (primary N) is 1. The van der Waals surface area contributed by atoms with Crippen molar-refractivity contribution >= 4 is 11.9 Å². The lowest BCUT2D eigenvalue weighted by Gasteiger charge is -2.05. The number of aromatic amines is 1. The first kappa shape index (κ1) is 13.8. The fraction of sp³-hybridized carbons (Fsp3) is 0.0625. The Balaban J connectivity index is 2.19. The van der Waals surface area contributed by atoms with E-state index in [0.29, 0.717) is 17.1 Å². The van der Waals surface area contributed by atoms with Gasteiger partial charge in [0.1, 0.15) is 0 Å². The maximum absolute atomic E-state index is 11.5. The van der Waals surface area contributed by atoms with Gasteiger partial charge in [-0.1, -0.05) is 24.3 Å². The predicted octanol–water partition coefficient (Wildman–Crippen LogP) is 2.73. The number of aryl methyl sites for hydroxylation is 1. The summed E-state index contributed by atoms with van der Waals surface area (Å²) in [6.45, 7) is 1.93. The Bertz CT molecular complexity index is 855. The number of carbonyl (C=O) groups is 1. The number of benzene rings is 1. The molecule has 0 saturated heterocycles. The van der Waals surface area contributed by atoms with Gasteiger partial charge in [-0.2, -0.15) is 0 Å². The molecule has 4 N–H and O–H groups in total. The smallest absolute Gasteiger partial charge is 0.337 e. The second-order valence-corrected chi connectivity index (χ2v) is 4.89. The van der Waals surface area contributed by atoms with Crippen molar-refractivity contribution in [3.05, 3.63) is 53.7 Å². The monoisotopic (exact) mass is 294 g/mol. The average Bonchev–Trinajstić information content (AvgIpc) is 2.93. The van der Waals surface area contributed by atoms with Gasteiger partial charge >= 0.3 is 5.97 Å². The van der Waals surface area contributed by atoms with Crippen molar-refractivity contribution < 1.29 is 9.90 Å². The van der Waals surface area contributed by atoms with E-state index in [-0.39, 0.29) is 11.5 Å². The number of carboxylic acids is 1. The minimum atomic E-state index is -0.997. The molecule has 110 valence electrons. The molecule has 0 unspecified atom stereocenters. The molecular weight excluding hydrogens is 280 g/mol. The molecule has 0 radical (unpaired) electrons. The number of anilines is 1. The molecule has 3 rings (SSSR count). The number of H-pyrrole nitrogens is 1. The topological polar surface area (TPSA) is 105 Å². The molecule has 0 aliphatic rings. The van der Waals surface area contributed by atoms with E-state index in [9.17, 15) is 9.90 Å². The standard InChI is InChI=1S/C16H14N4O2/c1-9-4-2-3-5-10(9)14-11(15(21)22)8-13(19-14)12-6-7-18-16(17)20-12/h2-8,19H,1H3,(H,21,22)(H2,17,18,20). The lowest BCUT2D eigenvalue weighted by molar-refractivity contribution is 0.0698. The fourth-order valence-electron chi connectivity index (χ4n) is 2.35. The van der Waals surface area contributed by atoms with Crippen molar-refractivity contribution in [2.75, 3.05) is 5.73 Å². The molecule has 3 aromatic rings. The summed E-state index contributed by atoms with van der Waals surface area (Å²) in [6, 6.07) is 10.8. The van der Waals surface area contributed by atoms with E-state index in [1.54, 1.807) is 12.1 Å². The third-order valence-electron chi connectivity index (χ3n) is 3.41. The first-order valence-electron chi connectivity index (χ1n) is 6.67. The van der Waals surface area contributed by atoms with Crippen molar-refractivity contribution in [1.29, 1.82) is 0 Å². The van der Waals surface area contributed by atoms with Crippen molar-refractivity contribution in [2.45, 2.75) is 6.92 Å². The molecule has 6 heteroatoms. The van der Waals surface area contributed by atoms with Crippen LogP contribution < -0.4 is 5.73 Å². The number of nitrogen functional groups attached to an aromatic ring is 1. The van der Waals surface area contributed by atoms with Gasteiger partial charge in [0.05, 0.1) is 22.6 Å². The Hall–Kier alpha value is -3.15. The summed E-state index contributed by atoms with van der Waals surface area (Å²) in [4.78, 5) is 22.6. The van der Waals surface area contributed by atoms with Gasteiger partial charge in [-0.25, -0.2) is 14.8 Å². The van der Waals surface area contributed by atoms with Crippen LogP contribution in [-0.4, -0.2) is 26.0 Å². The van der Waals surface area contributed by atoms with Crippen LogP contribution in [0.4, 0.5) is 5.95 Å². The maximum Gasteiger partial charge on any atom is 0.337 e. The summed E-state index contributed by atoms with van der Waals surface area (Å²) in [5.41, 5.74) is 9.30. The van der Waals surface area contributed by atoms with Gasteiger partial charge in [0, 0.05) is 11.8 Å². The highest BCUT2D eigenvalue weighted by atomic mass is 16.4. The normalized spacial score (nSPS) is 10.6. The third kappa shape index (κ3) is 2.42. The molecule has 1 aromatic carbocycles. The average molecular weight is 294 g/mol.